The molecule has 4 rings (SSSR count). The molecule has 0 saturated carbocycles. The fourth-order valence-corrected chi connectivity index (χ4v) is 2.67. The molecule has 0 aliphatic heterocycles. The van der Waals surface area contributed by atoms with Gasteiger partial charge in [0.15, 0.2) is 0 Å². The van der Waals surface area contributed by atoms with Crippen molar-refractivity contribution in [2.24, 2.45) is 5.73 Å². The summed E-state index contributed by atoms with van der Waals surface area (Å²) in [7, 11) is 0. The quantitative estimate of drug-likeness (QED) is 0.611. The lowest BCUT2D eigenvalue weighted by Gasteiger charge is -2.12. The first-order valence-electron chi connectivity index (χ1n) is 6.84. The lowest BCUT2D eigenvalue weighted by atomic mass is 9.98. The molecule has 2 aromatic heterocycles. The van der Waals surface area contributed by atoms with Crippen LogP contribution in [0.2, 0.25) is 0 Å². The van der Waals surface area contributed by atoms with Gasteiger partial charge in [-0.3, -0.25) is 4.98 Å². The summed E-state index contributed by atoms with van der Waals surface area (Å²) in [4.78, 5) is 4.16. The molecule has 2 N–H and O–H groups in total. The summed E-state index contributed by atoms with van der Waals surface area (Å²) >= 11 is 0. The first kappa shape index (κ1) is 12.1. The Morgan fingerprint density at radius 3 is 2.76 bits per heavy atom. The van der Waals surface area contributed by atoms with Crippen molar-refractivity contribution >= 4 is 16.3 Å². The standard InChI is InChI=1S/C17H14N4/c18-17(15-10-20-21-8-7-19-11-16(15)21)14-6-5-12-3-1-2-4-13(12)9-14/h1-11,17H,18H2. The summed E-state index contributed by atoms with van der Waals surface area (Å²) in [6.45, 7) is 0. The van der Waals surface area contributed by atoms with Gasteiger partial charge in [0.25, 0.3) is 0 Å². The summed E-state index contributed by atoms with van der Waals surface area (Å²) in [5, 5.41) is 6.74. The summed E-state index contributed by atoms with van der Waals surface area (Å²) in [6, 6.07) is 14.4. The maximum absolute atomic E-state index is 6.44. The van der Waals surface area contributed by atoms with Gasteiger partial charge in [-0.2, -0.15) is 5.10 Å². The van der Waals surface area contributed by atoms with E-state index in [4.69, 9.17) is 5.73 Å². The summed E-state index contributed by atoms with van der Waals surface area (Å²) in [5.41, 5.74) is 9.44. The van der Waals surface area contributed by atoms with Gasteiger partial charge < -0.3 is 5.73 Å². The minimum absolute atomic E-state index is 0.212. The highest BCUT2D eigenvalue weighted by atomic mass is 15.2. The zero-order chi connectivity index (χ0) is 14.2. The highest BCUT2D eigenvalue weighted by Crippen LogP contribution is 2.26. The van der Waals surface area contributed by atoms with Crippen molar-refractivity contribution < 1.29 is 0 Å². The topological polar surface area (TPSA) is 56.2 Å². The van der Waals surface area contributed by atoms with Crippen molar-refractivity contribution in [2.75, 3.05) is 0 Å². The second-order valence-electron chi connectivity index (χ2n) is 5.09. The molecular formula is C17H14N4. The Labute approximate surface area is 121 Å². The molecule has 0 radical (unpaired) electrons. The third-order valence-electron chi connectivity index (χ3n) is 3.82. The Bertz CT molecular complexity index is 926. The van der Waals surface area contributed by atoms with Crippen LogP contribution in [0.5, 0.6) is 0 Å². The van der Waals surface area contributed by atoms with Crippen molar-refractivity contribution in [3.05, 3.63) is 78.4 Å². The molecule has 1 unspecified atom stereocenters. The van der Waals surface area contributed by atoms with Gasteiger partial charge in [0, 0.05) is 18.0 Å². The van der Waals surface area contributed by atoms with E-state index in [9.17, 15) is 0 Å². The van der Waals surface area contributed by atoms with Crippen LogP contribution >= 0.6 is 0 Å². The fraction of sp³-hybridized carbons (Fsp3) is 0.0588. The van der Waals surface area contributed by atoms with E-state index in [0.29, 0.717) is 0 Å². The van der Waals surface area contributed by atoms with Crippen LogP contribution in [-0.2, 0) is 0 Å². The van der Waals surface area contributed by atoms with Crippen LogP contribution in [0.15, 0.2) is 67.3 Å². The Kier molecular flexibility index (Phi) is 2.69. The first-order valence-corrected chi connectivity index (χ1v) is 6.84. The molecule has 0 fully saturated rings. The molecule has 0 amide bonds. The number of nitrogens with zero attached hydrogens (tertiary/aromatic N) is 3. The van der Waals surface area contributed by atoms with Crippen LogP contribution in [0.4, 0.5) is 0 Å². The molecular weight excluding hydrogens is 260 g/mol. The smallest absolute Gasteiger partial charge is 0.0896 e. The van der Waals surface area contributed by atoms with Crippen molar-refractivity contribution in [2.45, 2.75) is 6.04 Å². The molecule has 1 atom stereocenters. The van der Waals surface area contributed by atoms with Gasteiger partial charge in [-0.25, -0.2) is 4.52 Å². The second kappa shape index (κ2) is 4.68. The number of benzene rings is 2. The van der Waals surface area contributed by atoms with Crippen LogP contribution in [0.25, 0.3) is 16.3 Å². The molecule has 102 valence electrons. The van der Waals surface area contributed by atoms with Crippen LogP contribution in [0.3, 0.4) is 0 Å². The van der Waals surface area contributed by atoms with E-state index in [0.717, 1.165) is 16.6 Å². The number of fused-ring (bicyclic) bond motifs is 2. The van der Waals surface area contributed by atoms with Gasteiger partial charge in [0.2, 0.25) is 0 Å². The van der Waals surface area contributed by atoms with Gasteiger partial charge in [0.1, 0.15) is 0 Å². The van der Waals surface area contributed by atoms with Crippen LogP contribution in [0.1, 0.15) is 17.2 Å². The average Bonchev–Trinajstić information content (AvgIpc) is 2.98. The normalized spacial score (nSPS) is 12.8. The van der Waals surface area contributed by atoms with Crippen molar-refractivity contribution in [3.63, 3.8) is 0 Å². The molecule has 2 heterocycles. The summed E-state index contributed by atoms with van der Waals surface area (Å²) in [5.74, 6) is 0. The predicted octanol–water partition coefficient (Wildman–Crippen LogP) is 2.93. The summed E-state index contributed by atoms with van der Waals surface area (Å²) in [6.07, 6.45) is 7.15. The highest BCUT2D eigenvalue weighted by molar-refractivity contribution is 5.83. The van der Waals surface area contributed by atoms with E-state index in [2.05, 4.69) is 40.4 Å². The van der Waals surface area contributed by atoms with Gasteiger partial charge in [-0.15, -0.1) is 0 Å². The van der Waals surface area contributed by atoms with Crippen molar-refractivity contribution in [3.8, 4) is 0 Å². The number of rotatable bonds is 2. The van der Waals surface area contributed by atoms with E-state index in [1.807, 2.05) is 24.5 Å². The fourth-order valence-electron chi connectivity index (χ4n) is 2.67. The zero-order valence-electron chi connectivity index (χ0n) is 11.3. The third-order valence-corrected chi connectivity index (χ3v) is 3.82. The molecule has 0 saturated heterocycles. The zero-order valence-corrected chi connectivity index (χ0v) is 11.3. The van der Waals surface area contributed by atoms with Crippen LogP contribution < -0.4 is 5.73 Å². The molecule has 4 nitrogen and oxygen atoms in total. The minimum atomic E-state index is -0.212. The largest absolute Gasteiger partial charge is 0.320 e. The molecule has 21 heavy (non-hydrogen) atoms. The lowest BCUT2D eigenvalue weighted by molar-refractivity contribution is 0.881. The van der Waals surface area contributed by atoms with E-state index >= 15 is 0 Å². The Hall–Kier alpha value is -2.72. The van der Waals surface area contributed by atoms with E-state index < -0.39 is 0 Å². The summed E-state index contributed by atoms with van der Waals surface area (Å²) < 4.78 is 1.79. The maximum atomic E-state index is 6.44. The van der Waals surface area contributed by atoms with Crippen LogP contribution in [0, 0.1) is 0 Å². The van der Waals surface area contributed by atoms with Crippen molar-refractivity contribution in [1.29, 1.82) is 0 Å². The van der Waals surface area contributed by atoms with Gasteiger partial charge in [-0.05, 0) is 22.4 Å². The Morgan fingerprint density at radius 1 is 1.00 bits per heavy atom. The number of hydrogen-bond donors (Lipinski definition) is 1. The molecule has 4 heteroatoms. The molecule has 0 spiro atoms. The minimum Gasteiger partial charge on any atom is -0.320 e. The molecule has 2 aromatic carbocycles. The van der Waals surface area contributed by atoms with Crippen molar-refractivity contribution in [1.82, 2.24) is 14.6 Å². The molecule has 0 aliphatic carbocycles. The number of aromatic nitrogens is 3. The van der Waals surface area contributed by atoms with Gasteiger partial charge in [-0.1, -0.05) is 36.4 Å². The van der Waals surface area contributed by atoms with E-state index in [-0.39, 0.29) is 6.04 Å². The Balaban J connectivity index is 1.83. The molecule has 0 bridgehead atoms. The highest BCUT2D eigenvalue weighted by Gasteiger charge is 2.14. The predicted molar refractivity (Wildman–Crippen MR) is 83.0 cm³/mol. The molecule has 0 aliphatic rings. The molecule has 4 aromatic rings. The number of hydrogen-bond acceptors (Lipinski definition) is 3. The van der Waals surface area contributed by atoms with Gasteiger partial charge >= 0.3 is 0 Å². The lowest BCUT2D eigenvalue weighted by Crippen LogP contribution is -2.11. The second-order valence-corrected chi connectivity index (χ2v) is 5.09. The van der Waals surface area contributed by atoms with Gasteiger partial charge in [0.05, 0.1) is 24.0 Å². The maximum Gasteiger partial charge on any atom is 0.0896 e. The SMILES string of the molecule is NC(c1ccc2ccccc2c1)c1cnn2ccncc12. The first-order chi connectivity index (χ1) is 10.3. The van der Waals surface area contributed by atoms with E-state index in [1.54, 1.807) is 16.9 Å². The number of nitrogens with two attached hydrogens (primary N) is 1. The van der Waals surface area contributed by atoms with E-state index in [1.165, 1.54) is 10.8 Å². The third kappa shape index (κ3) is 1.97. The van der Waals surface area contributed by atoms with Crippen LogP contribution in [-0.4, -0.2) is 14.6 Å². The average molecular weight is 274 g/mol. The monoisotopic (exact) mass is 274 g/mol. The Morgan fingerprint density at radius 2 is 1.86 bits per heavy atom.